The molecule has 3 N–H and O–H groups in total. The van der Waals surface area contributed by atoms with Crippen LogP contribution in [0.15, 0.2) is 30.3 Å². The van der Waals surface area contributed by atoms with Crippen LogP contribution in [0.3, 0.4) is 0 Å². The second-order valence-corrected chi connectivity index (χ2v) is 5.55. The first-order valence-electron chi connectivity index (χ1n) is 6.33. The normalized spacial score (nSPS) is 11.8. The molecule has 1 rings (SSSR count). The van der Waals surface area contributed by atoms with Gasteiger partial charge in [-0.3, -0.25) is 9.59 Å². The van der Waals surface area contributed by atoms with Crippen molar-refractivity contribution in [1.29, 1.82) is 0 Å². The highest BCUT2D eigenvalue weighted by atomic mass is 32.2. The standard InChI is InChI=1S/C14H20N2O2S/c1-2-19-9-8-13(17)16-12(14(15)18)10-11-6-4-3-5-7-11/h3-7,12H,2,8-10H2,1H3,(H2,15,18)(H,16,17)/t12-/m1/s1. The summed E-state index contributed by atoms with van der Waals surface area (Å²) in [7, 11) is 0. The van der Waals surface area contributed by atoms with Gasteiger partial charge < -0.3 is 11.1 Å². The van der Waals surface area contributed by atoms with Crippen LogP contribution in [0.2, 0.25) is 0 Å². The molecular formula is C14H20N2O2S. The van der Waals surface area contributed by atoms with Crippen LogP contribution >= 0.6 is 11.8 Å². The average molecular weight is 280 g/mol. The van der Waals surface area contributed by atoms with Crippen molar-refractivity contribution in [2.75, 3.05) is 11.5 Å². The number of primary amides is 1. The molecule has 1 aromatic carbocycles. The number of amides is 2. The predicted molar refractivity (Wildman–Crippen MR) is 78.9 cm³/mol. The number of carbonyl (C=O) groups excluding carboxylic acids is 2. The van der Waals surface area contributed by atoms with Crippen molar-refractivity contribution >= 4 is 23.6 Å². The van der Waals surface area contributed by atoms with Gasteiger partial charge in [-0.25, -0.2) is 0 Å². The van der Waals surface area contributed by atoms with Gasteiger partial charge in [-0.1, -0.05) is 37.3 Å². The lowest BCUT2D eigenvalue weighted by Gasteiger charge is -2.15. The highest BCUT2D eigenvalue weighted by molar-refractivity contribution is 7.99. The van der Waals surface area contributed by atoms with Crippen molar-refractivity contribution in [2.24, 2.45) is 5.73 Å². The Morgan fingerprint density at radius 1 is 1.32 bits per heavy atom. The molecule has 0 spiro atoms. The van der Waals surface area contributed by atoms with E-state index in [2.05, 4.69) is 5.32 Å². The lowest BCUT2D eigenvalue weighted by Crippen LogP contribution is -2.45. The van der Waals surface area contributed by atoms with Gasteiger partial charge >= 0.3 is 0 Å². The summed E-state index contributed by atoms with van der Waals surface area (Å²) < 4.78 is 0. The van der Waals surface area contributed by atoms with Gasteiger partial charge in [0, 0.05) is 18.6 Å². The molecule has 2 amide bonds. The SMILES string of the molecule is CCSCCC(=O)N[C@H](Cc1ccccc1)C(N)=O. The fourth-order valence-electron chi connectivity index (χ4n) is 1.65. The summed E-state index contributed by atoms with van der Waals surface area (Å²) in [5.74, 6) is 1.12. The van der Waals surface area contributed by atoms with E-state index in [4.69, 9.17) is 5.73 Å². The van der Waals surface area contributed by atoms with Gasteiger partial charge in [-0.05, 0) is 11.3 Å². The lowest BCUT2D eigenvalue weighted by molar-refractivity contribution is -0.127. The van der Waals surface area contributed by atoms with Crippen molar-refractivity contribution in [3.63, 3.8) is 0 Å². The third kappa shape index (κ3) is 6.29. The molecule has 0 saturated heterocycles. The maximum atomic E-state index is 11.7. The zero-order valence-electron chi connectivity index (χ0n) is 11.1. The Morgan fingerprint density at radius 2 is 2.00 bits per heavy atom. The minimum atomic E-state index is -0.637. The van der Waals surface area contributed by atoms with E-state index in [0.29, 0.717) is 12.8 Å². The Morgan fingerprint density at radius 3 is 2.58 bits per heavy atom. The van der Waals surface area contributed by atoms with E-state index in [-0.39, 0.29) is 5.91 Å². The zero-order chi connectivity index (χ0) is 14.1. The molecule has 4 nitrogen and oxygen atoms in total. The van der Waals surface area contributed by atoms with Crippen LogP contribution < -0.4 is 11.1 Å². The van der Waals surface area contributed by atoms with E-state index in [1.165, 1.54) is 0 Å². The molecule has 0 radical (unpaired) electrons. The van der Waals surface area contributed by atoms with Gasteiger partial charge in [0.1, 0.15) is 6.04 Å². The van der Waals surface area contributed by atoms with Crippen LogP contribution in [0.1, 0.15) is 18.9 Å². The number of nitrogens with two attached hydrogens (primary N) is 1. The minimum absolute atomic E-state index is 0.124. The number of hydrogen-bond acceptors (Lipinski definition) is 3. The van der Waals surface area contributed by atoms with E-state index in [1.54, 1.807) is 11.8 Å². The predicted octanol–water partition coefficient (Wildman–Crippen LogP) is 1.34. The largest absolute Gasteiger partial charge is 0.368 e. The summed E-state index contributed by atoms with van der Waals surface area (Å²) in [5, 5.41) is 2.70. The summed E-state index contributed by atoms with van der Waals surface area (Å²) in [4.78, 5) is 23.1. The molecule has 19 heavy (non-hydrogen) atoms. The number of hydrogen-bond donors (Lipinski definition) is 2. The van der Waals surface area contributed by atoms with Crippen LogP contribution in [-0.4, -0.2) is 29.4 Å². The number of benzene rings is 1. The molecule has 0 heterocycles. The molecule has 104 valence electrons. The minimum Gasteiger partial charge on any atom is -0.368 e. The maximum Gasteiger partial charge on any atom is 0.240 e. The van der Waals surface area contributed by atoms with Crippen molar-refractivity contribution in [3.8, 4) is 0 Å². The molecule has 0 aliphatic heterocycles. The van der Waals surface area contributed by atoms with Crippen molar-refractivity contribution < 1.29 is 9.59 Å². The van der Waals surface area contributed by atoms with E-state index in [9.17, 15) is 9.59 Å². The van der Waals surface area contributed by atoms with E-state index < -0.39 is 11.9 Å². The monoisotopic (exact) mass is 280 g/mol. The molecular weight excluding hydrogens is 260 g/mol. The van der Waals surface area contributed by atoms with Crippen LogP contribution in [0.4, 0.5) is 0 Å². The number of thioether (sulfide) groups is 1. The zero-order valence-corrected chi connectivity index (χ0v) is 11.9. The van der Waals surface area contributed by atoms with Gasteiger partial charge in [-0.15, -0.1) is 0 Å². The maximum absolute atomic E-state index is 11.7. The number of nitrogens with one attached hydrogen (secondary N) is 1. The van der Waals surface area contributed by atoms with Crippen LogP contribution in [-0.2, 0) is 16.0 Å². The molecule has 5 heteroatoms. The summed E-state index contributed by atoms with van der Waals surface area (Å²) >= 11 is 1.70. The van der Waals surface area contributed by atoms with Crippen molar-refractivity contribution in [2.45, 2.75) is 25.8 Å². The Labute approximate surface area is 118 Å². The molecule has 0 bridgehead atoms. The Hall–Kier alpha value is -1.49. The van der Waals surface area contributed by atoms with Gasteiger partial charge in [-0.2, -0.15) is 11.8 Å². The van der Waals surface area contributed by atoms with Gasteiger partial charge in [0.15, 0.2) is 0 Å². The van der Waals surface area contributed by atoms with Crippen LogP contribution in [0.5, 0.6) is 0 Å². The lowest BCUT2D eigenvalue weighted by atomic mass is 10.1. The van der Waals surface area contributed by atoms with Gasteiger partial charge in [0.05, 0.1) is 0 Å². The van der Waals surface area contributed by atoms with E-state index in [1.807, 2.05) is 37.3 Å². The van der Waals surface area contributed by atoms with Crippen molar-refractivity contribution in [3.05, 3.63) is 35.9 Å². The number of carbonyl (C=O) groups is 2. The van der Waals surface area contributed by atoms with E-state index in [0.717, 1.165) is 17.1 Å². The van der Waals surface area contributed by atoms with Crippen molar-refractivity contribution in [1.82, 2.24) is 5.32 Å². The highest BCUT2D eigenvalue weighted by Crippen LogP contribution is 2.04. The fourth-order valence-corrected chi connectivity index (χ4v) is 2.27. The third-order valence-electron chi connectivity index (χ3n) is 2.64. The van der Waals surface area contributed by atoms with E-state index >= 15 is 0 Å². The smallest absolute Gasteiger partial charge is 0.240 e. The van der Waals surface area contributed by atoms with Gasteiger partial charge in [0.25, 0.3) is 0 Å². The van der Waals surface area contributed by atoms with Crippen LogP contribution in [0.25, 0.3) is 0 Å². The average Bonchev–Trinajstić information content (AvgIpc) is 2.39. The molecule has 0 aliphatic rings. The molecule has 1 aromatic rings. The Balaban J connectivity index is 2.49. The summed E-state index contributed by atoms with van der Waals surface area (Å²) in [5.41, 5.74) is 6.31. The molecule has 0 fully saturated rings. The summed E-state index contributed by atoms with van der Waals surface area (Å²) in [6.45, 7) is 2.05. The highest BCUT2D eigenvalue weighted by Gasteiger charge is 2.18. The quantitative estimate of drug-likeness (QED) is 0.706. The molecule has 0 aromatic heterocycles. The summed E-state index contributed by atoms with van der Waals surface area (Å²) in [6, 6.07) is 8.88. The fraction of sp³-hybridized carbons (Fsp3) is 0.429. The Kier molecular flexibility index (Phi) is 7.03. The van der Waals surface area contributed by atoms with Gasteiger partial charge in [0.2, 0.25) is 11.8 Å². The first-order valence-corrected chi connectivity index (χ1v) is 7.49. The first-order chi connectivity index (χ1) is 9.13. The molecule has 1 atom stereocenters. The first kappa shape index (κ1) is 15.6. The summed E-state index contributed by atoms with van der Waals surface area (Å²) in [6.07, 6.45) is 0.847. The topological polar surface area (TPSA) is 72.2 Å². The third-order valence-corrected chi connectivity index (χ3v) is 3.54. The molecule has 0 unspecified atom stereocenters. The second-order valence-electron chi connectivity index (χ2n) is 4.16. The second kappa shape index (κ2) is 8.58. The number of rotatable bonds is 8. The Bertz CT molecular complexity index is 409. The molecule has 0 aliphatic carbocycles. The van der Waals surface area contributed by atoms with Crippen LogP contribution in [0, 0.1) is 0 Å². The molecule has 0 saturated carbocycles.